The fourth-order valence-corrected chi connectivity index (χ4v) is 3.66. The SMILES string of the molecule is O=C(c1ccc([N+](=O)[O-])cc1)N1CCN=C([O-])CCN(C(=O)c2ccc([N+](=O)[O-])cc2)CCN=C([O-])CC1.[Ni+2]. The molecule has 0 aromatic heterocycles. The van der Waals surface area contributed by atoms with Gasteiger partial charge in [0.2, 0.25) is 0 Å². The van der Waals surface area contributed by atoms with Crippen molar-refractivity contribution in [3.63, 3.8) is 0 Å². The zero-order chi connectivity index (χ0) is 27.7. The molecule has 208 valence electrons. The monoisotopic (exact) mass is 582 g/mol. The summed E-state index contributed by atoms with van der Waals surface area (Å²) < 4.78 is 0. The first kappa shape index (κ1) is 30.8. The zero-order valence-electron chi connectivity index (χ0n) is 20.5. The minimum atomic E-state index is -0.582. The standard InChI is InChI=1S/C24H26N6O8.Ni/c31-21-9-13-27(23(33)17-1-5-19(6-2-17)29(35)36)15-11-25-22(32)10-14-28(16-12-26-21)24(34)18-3-7-20(8-4-18)30(37)38;/h1-8H,9-16H2,(H,25,32)(H,26,31);/q;+2/p-2. The van der Waals surface area contributed by atoms with E-state index in [0.29, 0.717) is 0 Å². The van der Waals surface area contributed by atoms with Crippen LogP contribution in [0.15, 0.2) is 58.5 Å². The summed E-state index contributed by atoms with van der Waals surface area (Å²) in [4.78, 5) is 57.0. The number of aliphatic imine (C=N–C) groups is 2. The van der Waals surface area contributed by atoms with Gasteiger partial charge in [-0.2, -0.15) is 0 Å². The summed E-state index contributed by atoms with van der Waals surface area (Å²) in [5.41, 5.74) is 0.0390. The van der Waals surface area contributed by atoms with Crippen molar-refractivity contribution < 1.29 is 46.1 Å². The second kappa shape index (κ2) is 14.5. The predicted octanol–water partition coefficient (Wildman–Crippen LogP) is 0.397. The molecule has 0 saturated heterocycles. The summed E-state index contributed by atoms with van der Waals surface area (Å²) in [5, 5.41) is 46.4. The Balaban J connectivity index is 0.00000533. The number of rotatable bonds is 4. The van der Waals surface area contributed by atoms with Crippen molar-refractivity contribution in [2.75, 3.05) is 39.3 Å². The smallest absolute Gasteiger partial charge is 0.862 e. The van der Waals surface area contributed by atoms with Crippen molar-refractivity contribution >= 4 is 35.0 Å². The molecule has 0 unspecified atom stereocenters. The van der Waals surface area contributed by atoms with Crippen molar-refractivity contribution in [3.05, 3.63) is 79.9 Å². The van der Waals surface area contributed by atoms with Gasteiger partial charge in [0, 0.05) is 61.6 Å². The van der Waals surface area contributed by atoms with Gasteiger partial charge in [0.1, 0.15) is 0 Å². The second-order valence-corrected chi connectivity index (χ2v) is 8.24. The summed E-state index contributed by atoms with van der Waals surface area (Å²) in [7, 11) is 0. The number of hydrogen-bond acceptors (Lipinski definition) is 10. The molecule has 0 aliphatic carbocycles. The van der Waals surface area contributed by atoms with Crippen LogP contribution >= 0.6 is 0 Å². The van der Waals surface area contributed by atoms with E-state index in [1.165, 1.54) is 58.3 Å². The summed E-state index contributed by atoms with van der Waals surface area (Å²) in [6.45, 7) is -0.0421. The summed E-state index contributed by atoms with van der Waals surface area (Å²) in [5.74, 6) is -1.91. The van der Waals surface area contributed by atoms with Gasteiger partial charge >= 0.3 is 16.5 Å². The van der Waals surface area contributed by atoms with E-state index in [-0.39, 0.29) is 91.1 Å². The molecular formula is C24H24N6NiO8. The Morgan fingerprint density at radius 1 is 0.641 bits per heavy atom. The Morgan fingerprint density at radius 3 is 1.28 bits per heavy atom. The van der Waals surface area contributed by atoms with Gasteiger partial charge in [-0.3, -0.25) is 29.8 Å². The number of benzene rings is 2. The molecule has 1 heterocycles. The molecule has 0 atom stereocenters. The Kier molecular flexibility index (Phi) is 11.5. The minimum Gasteiger partial charge on any atom is -0.862 e. The summed E-state index contributed by atoms with van der Waals surface area (Å²) in [6.07, 6.45) is -0.216. The van der Waals surface area contributed by atoms with E-state index >= 15 is 0 Å². The number of carbonyl (C=O) groups is 2. The number of non-ortho nitro benzene ring substituents is 2. The molecule has 0 saturated carbocycles. The molecule has 3 rings (SSSR count). The van der Waals surface area contributed by atoms with Gasteiger partial charge in [0.25, 0.3) is 23.2 Å². The molecule has 0 N–H and O–H groups in total. The molecule has 14 nitrogen and oxygen atoms in total. The molecule has 0 spiro atoms. The topological polar surface area (TPSA) is 198 Å². The molecule has 2 aromatic rings. The van der Waals surface area contributed by atoms with Crippen LogP contribution in [0.1, 0.15) is 33.6 Å². The number of nitrogens with zero attached hydrogens (tertiary/aromatic N) is 6. The van der Waals surface area contributed by atoms with E-state index in [9.17, 15) is 40.0 Å². The van der Waals surface area contributed by atoms with Crippen LogP contribution in [0.3, 0.4) is 0 Å². The minimum absolute atomic E-state index is 0. The fourth-order valence-electron chi connectivity index (χ4n) is 3.66. The number of hydrogen-bond donors (Lipinski definition) is 0. The van der Waals surface area contributed by atoms with E-state index in [2.05, 4.69) is 9.98 Å². The van der Waals surface area contributed by atoms with Gasteiger partial charge in [-0.15, -0.1) is 0 Å². The molecule has 39 heavy (non-hydrogen) atoms. The van der Waals surface area contributed by atoms with Crippen LogP contribution in [-0.2, 0) is 16.5 Å². The maximum Gasteiger partial charge on any atom is 2.00 e. The first-order chi connectivity index (χ1) is 18.2. The molecule has 0 radical (unpaired) electrons. The van der Waals surface area contributed by atoms with Gasteiger partial charge in [0.15, 0.2) is 0 Å². The number of carbonyl (C=O) groups excluding carboxylic acids is 2. The Bertz CT molecular complexity index is 1150. The maximum absolute atomic E-state index is 12.9. The van der Waals surface area contributed by atoms with Crippen LogP contribution < -0.4 is 10.2 Å². The maximum atomic E-state index is 12.9. The normalized spacial score (nSPS) is 15.2. The van der Waals surface area contributed by atoms with Crippen LogP contribution in [-0.4, -0.2) is 82.5 Å². The largest absolute Gasteiger partial charge is 2.00 e. The van der Waals surface area contributed by atoms with Gasteiger partial charge in [0.05, 0.1) is 22.9 Å². The van der Waals surface area contributed by atoms with E-state index in [1.54, 1.807) is 0 Å². The molecule has 1 aliphatic heterocycles. The van der Waals surface area contributed by atoms with Crippen molar-refractivity contribution in [2.24, 2.45) is 9.98 Å². The van der Waals surface area contributed by atoms with Gasteiger partial charge < -0.3 is 30.0 Å². The molecule has 0 fully saturated rings. The average Bonchev–Trinajstić information content (AvgIpc) is 2.91. The number of amides is 2. The van der Waals surface area contributed by atoms with Gasteiger partial charge in [-0.25, -0.2) is 0 Å². The van der Waals surface area contributed by atoms with Crippen LogP contribution in [0, 0.1) is 20.2 Å². The van der Waals surface area contributed by atoms with Crippen LogP contribution in [0.25, 0.3) is 0 Å². The first-order valence-corrected chi connectivity index (χ1v) is 11.6. The first-order valence-electron chi connectivity index (χ1n) is 11.6. The predicted molar refractivity (Wildman–Crippen MR) is 132 cm³/mol. The quantitative estimate of drug-likeness (QED) is 0.280. The van der Waals surface area contributed by atoms with Crippen LogP contribution in [0.2, 0.25) is 0 Å². The van der Waals surface area contributed by atoms with E-state index in [4.69, 9.17) is 0 Å². The molecule has 0 bridgehead atoms. The molecule has 2 aromatic carbocycles. The Morgan fingerprint density at radius 2 is 0.974 bits per heavy atom. The summed E-state index contributed by atoms with van der Waals surface area (Å²) in [6, 6.07) is 10.1. The van der Waals surface area contributed by atoms with Crippen LogP contribution in [0.5, 0.6) is 0 Å². The van der Waals surface area contributed by atoms with E-state index in [0.717, 1.165) is 0 Å². The average molecular weight is 583 g/mol. The Hall–Kier alpha value is -4.39. The molecule has 15 heteroatoms. The van der Waals surface area contributed by atoms with Gasteiger partial charge in [-0.1, -0.05) is 0 Å². The second-order valence-electron chi connectivity index (χ2n) is 8.24. The van der Waals surface area contributed by atoms with E-state index in [1.807, 2.05) is 0 Å². The van der Waals surface area contributed by atoms with Gasteiger partial charge in [-0.05, 0) is 48.9 Å². The summed E-state index contributed by atoms with van der Waals surface area (Å²) >= 11 is 0. The number of nitro benzene ring substituents is 2. The molecule has 1 aliphatic rings. The zero-order valence-corrected chi connectivity index (χ0v) is 21.5. The Labute approximate surface area is 232 Å². The van der Waals surface area contributed by atoms with Crippen molar-refractivity contribution in [3.8, 4) is 0 Å². The third-order valence-electron chi connectivity index (χ3n) is 5.73. The van der Waals surface area contributed by atoms with Crippen molar-refractivity contribution in [1.82, 2.24) is 9.80 Å². The van der Waals surface area contributed by atoms with Crippen LogP contribution in [0.4, 0.5) is 11.4 Å². The molecular weight excluding hydrogens is 559 g/mol. The third kappa shape index (κ3) is 8.85. The molecule has 2 amide bonds. The van der Waals surface area contributed by atoms with Crippen molar-refractivity contribution in [2.45, 2.75) is 12.8 Å². The fraction of sp³-hybridized carbons (Fsp3) is 0.333. The number of nitro groups is 2. The third-order valence-corrected chi connectivity index (χ3v) is 5.73. The van der Waals surface area contributed by atoms with Crippen molar-refractivity contribution in [1.29, 1.82) is 0 Å². The van der Waals surface area contributed by atoms with E-state index < -0.39 is 33.5 Å².